The zero-order chi connectivity index (χ0) is 18.0. The van der Waals surface area contributed by atoms with Crippen LogP contribution in [0.3, 0.4) is 0 Å². The van der Waals surface area contributed by atoms with Gasteiger partial charge in [0.05, 0.1) is 6.54 Å². The van der Waals surface area contributed by atoms with Crippen LogP contribution in [0.2, 0.25) is 0 Å². The van der Waals surface area contributed by atoms with E-state index in [0.29, 0.717) is 12.6 Å². The van der Waals surface area contributed by atoms with Crippen molar-refractivity contribution in [1.82, 2.24) is 4.90 Å². The fourth-order valence-electron chi connectivity index (χ4n) is 4.02. The number of anilines is 1. The van der Waals surface area contributed by atoms with Crippen molar-refractivity contribution >= 4 is 11.8 Å². The highest BCUT2D eigenvalue weighted by Gasteiger charge is 2.28. The highest BCUT2D eigenvalue weighted by molar-refractivity contribution is 5.70. The highest BCUT2D eigenvalue weighted by Crippen LogP contribution is 2.32. The molecule has 0 aromatic heterocycles. The topological polar surface area (TPSA) is 41.6 Å². The monoisotopic (exact) mass is 344 g/mol. The van der Waals surface area contributed by atoms with Gasteiger partial charge in [-0.2, -0.15) is 0 Å². The molecule has 0 spiro atoms. The molecule has 25 heavy (non-hydrogen) atoms. The third-order valence-electron chi connectivity index (χ3n) is 5.41. The molecular weight excluding hydrogens is 312 g/mol. The Bertz CT molecular complexity index is 615. The number of hydrogen-bond donors (Lipinski definition) is 1. The maximum Gasteiger partial charge on any atom is 0.410 e. The molecule has 1 amide bonds. The SMILES string of the molecule is CC(Nc1cccc2c1CN(C(=O)OC(C)(C)C)CC2)C1CCCC1. The number of benzene rings is 1. The Morgan fingerprint density at radius 1 is 1.28 bits per heavy atom. The van der Waals surface area contributed by atoms with Gasteiger partial charge in [-0.3, -0.25) is 0 Å². The van der Waals surface area contributed by atoms with Crippen LogP contribution in [0, 0.1) is 5.92 Å². The predicted octanol–water partition coefficient (Wildman–Crippen LogP) is 4.97. The second-order valence-electron chi connectivity index (χ2n) is 8.57. The Hall–Kier alpha value is -1.71. The molecular formula is C21H32N2O2. The van der Waals surface area contributed by atoms with E-state index in [4.69, 9.17) is 4.74 Å². The maximum absolute atomic E-state index is 12.4. The molecule has 0 saturated heterocycles. The van der Waals surface area contributed by atoms with Crippen molar-refractivity contribution in [1.29, 1.82) is 0 Å². The molecule has 1 unspecified atom stereocenters. The maximum atomic E-state index is 12.4. The molecule has 1 aromatic carbocycles. The number of carbonyl (C=O) groups is 1. The van der Waals surface area contributed by atoms with Crippen LogP contribution in [0.5, 0.6) is 0 Å². The van der Waals surface area contributed by atoms with Crippen LogP contribution in [0.25, 0.3) is 0 Å². The van der Waals surface area contributed by atoms with Gasteiger partial charge in [0.1, 0.15) is 5.60 Å². The first-order valence-electron chi connectivity index (χ1n) is 9.69. The Kier molecular flexibility index (Phi) is 5.26. The second-order valence-corrected chi connectivity index (χ2v) is 8.57. The summed E-state index contributed by atoms with van der Waals surface area (Å²) in [4.78, 5) is 14.3. The third-order valence-corrected chi connectivity index (χ3v) is 5.41. The summed E-state index contributed by atoms with van der Waals surface area (Å²) in [6.07, 6.45) is 6.05. The standard InChI is InChI=1S/C21H32N2O2/c1-15(16-8-5-6-9-16)22-19-11-7-10-17-12-13-23(14-18(17)19)20(24)25-21(2,3)4/h7,10-11,15-16,22H,5-6,8-9,12-14H2,1-4H3. The van der Waals surface area contributed by atoms with E-state index in [-0.39, 0.29) is 6.09 Å². The van der Waals surface area contributed by atoms with Gasteiger partial charge in [0, 0.05) is 18.3 Å². The lowest BCUT2D eigenvalue weighted by atomic mass is 9.95. The summed E-state index contributed by atoms with van der Waals surface area (Å²) < 4.78 is 5.56. The van der Waals surface area contributed by atoms with Crippen molar-refractivity contribution in [2.24, 2.45) is 5.92 Å². The van der Waals surface area contributed by atoms with Gasteiger partial charge in [0.2, 0.25) is 0 Å². The molecule has 1 N–H and O–H groups in total. The number of carbonyl (C=O) groups excluding carboxylic acids is 1. The van der Waals surface area contributed by atoms with Gasteiger partial charge < -0.3 is 15.0 Å². The number of fused-ring (bicyclic) bond motifs is 1. The Morgan fingerprint density at radius 2 is 2.00 bits per heavy atom. The summed E-state index contributed by atoms with van der Waals surface area (Å²) in [5.74, 6) is 0.765. The lowest BCUT2D eigenvalue weighted by Crippen LogP contribution is -2.40. The number of ether oxygens (including phenoxy) is 1. The summed E-state index contributed by atoms with van der Waals surface area (Å²) in [7, 11) is 0. The van der Waals surface area contributed by atoms with Gasteiger partial charge in [-0.1, -0.05) is 25.0 Å². The van der Waals surface area contributed by atoms with E-state index in [1.54, 1.807) is 0 Å². The molecule has 2 aliphatic rings. The smallest absolute Gasteiger partial charge is 0.410 e. The lowest BCUT2D eigenvalue weighted by Gasteiger charge is -2.33. The number of amides is 1. The largest absolute Gasteiger partial charge is 0.444 e. The summed E-state index contributed by atoms with van der Waals surface area (Å²) in [5.41, 5.74) is 3.34. The van der Waals surface area contributed by atoms with Gasteiger partial charge in [-0.15, -0.1) is 0 Å². The second kappa shape index (κ2) is 7.27. The minimum Gasteiger partial charge on any atom is -0.444 e. The van der Waals surface area contributed by atoms with Crippen molar-refractivity contribution in [2.75, 3.05) is 11.9 Å². The Balaban J connectivity index is 1.72. The molecule has 0 radical (unpaired) electrons. The van der Waals surface area contributed by atoms with Crippen molar-refractivity contribution in [3.8, 4) is 0 Å². The predicted molar refractivity (Wildman–Crippen MR) is 102 cm³/mol. The average Bonchev–Trinajstić information content (AvgIpc) is 3.07. The molecule has 4 nitrogen and oxygen atoms in total. The van der Waals surface area contributed by atoms with E-state index in [9.17, 15) is 4.79 Å². The van der Waals surface area contributed by atoms with Gasteiger partial charge in [-0.25, -0.2) is 4.79 Å². The quantitative estimate of drug-likeness (QED) is 0.841. The molecule has 4 heteroatoms. The number of nitrogens with one attached hydrogen (secondary N) is 1. The number of rotatable bonds is 3. The first kappa shape index (κ1) is 18.1. The van der Waals surface area contributed by atoms with E-state index in [0.717, 1.165) is 18.9 Å². The van der Waals surface area contributed by atoms with Crippen LogP contribution in [0.15, 0.2) is 18.2 Å². The van der Waals surface area contributed by atoms with E-state index in [1.807, 2.05) is 25.7 Å². The summed E-state index contributed by atoms with van der Waals surface area (Å²) in [6, 6.07) is 6.95. The molecule has 1 aromatic rings. The minimum absolute atomic E-state index is 0.211. The summed E-state index contributed by atoms with van der Waals surface area (Å²) >= 11 is 0. The summed E-state index contributed by atoms with van der Waals surface area (Å²) in [5, 5.41) is 3.74. The molecule has 1 fully saturated rings. The lowest BCUT2D eigenvalue weighted by molar-refractivity contribution is 0.0224. The molecule has 1 atom stereocenters. The van der Waals surface area contributed by atoms with Crippen LogP contribution in [0.1, 0.15) is 64.5 Å². The van der Waals surface area contributed by atoms with Crippen LogP contribution < -0.4 is 5.32 Å². The van der Waals surface area contributed by atoms with Gasteiger partial charge in [-0.05, 0) is 70.1 Å². The fraction of sp³-hybridized carbons (Fsp3) is 0.667. The average molecular weight is 344 g/mol. The first-order chi connectivity index (χ1) is 11.8. The van der Waals surface area contributed by atoms with Crippen LogP contribution in [-0.4, -0.2) is 29.2 Å². The first-order valence-corrected chi connectivity index (χ1v) is 9.69. The zero-order valence-corrected chi connectivity index (χ0v) is 16.1. The van der Waals surface area contributed by atoms with Crippen LogP contribution in [0.4, 0.5) is 10.5 Å². The molecule has 1 saturated carbocycles. The van der Waals surface area contributed by atoms with Crippen LogP contribution >= 0.6 is 0 Å². The zero-order valence-electron chi connectivity index (χ0n) is 16.1. The number of nitrogens with zero attached hydrogens (tertiary/aromatic N) is 1. The molecule has 3 rings (SSSR count). The van der Waals surface area contributed by atoms with E-state index in [2.05, 4.69) is 30.4 Å². The summed E-state index contributed by atoms with van der Waals surface area (Å²) in [6.45, 7) is 9.40. The van der Waals surface area contributed by atoms with E-state index in [1.165, 1.54) is 42.5 Å². The third kappa shape index (κ3) is 4.47. The molecule has 138 valence electrons. The van der Waals surface area contributed by atoms with Crippen LogP contribution in [-0.2, 0) is 17.7 Å². The van der Waals surface area contributed by atoms with Gasteiger partial charge in [0.15, 0.2) is 0 Å². The van der Waals surface area contributed by atoms with Crippen molar-refractivity contribution in [2.45, 2.75) is 78.0 Å². The minimum atomic E-state index is -0.452. The normalized spacial score (nSPS) is 19.4. The molecule has 1 heterocycles. The van der Waals surface area contributed by atoms with Gasteiger partial charge in [0.25, 0.3) is 0 Å². The van der Waals surface area contributed by atoms with Gasteiger partial charge >= 0.3 is 6.09 Å². The highest BCUT2D eigenvalue weighted by atomic mass is 16.6. The Morgan fingerprint density at radius 3 is 2.68 bits per heavy atom. The fourth-order valence-corrected chi connectivity index (χ4v) is 4.02. The molecule has 1 aliphatic carbocycles. The Labute approximate surface area is 151 Å². The molecule has 1 aliphatic heterocycles. The molecule has 0 bridgehead atoms. The van der Waals surface area contributed by atoms with Crippen molar-refractivity contribution in [3.63, 3.8) is 0 Å². The van der Waals surface area contributed by atoms with E-state index < -0.39 is 5.60 Å². The van der Waals surface area contributed by atoms with Crippen molar-refractivity contribution in [3.05, 3.63) is 29.3 Å². The van der Waals surface area contributed by atoms with Crippen molar-refractivity contribution < 1.29 is 9.53 Å². The number of hydrogen-bond acceptors (Lipinski definition) is 3. The van der Waals surface area contributed by atoms with E-state index >= 15 is 0 Å².